The van der Waals surface area contributed by atoms with Crippen molar-refractivity contribution in [3.8, 4) is 0 Å². The highest BCUT2D eigenvalue weighted by molar-refractivity contribution is 5.94. The van der Waals surface area contributed by atoms with Crippen LogP contribution < -0.4 is 0 Å². The molecule has 0 aliphatic rings. The van der Waals surface area contributed by atoms with Gasteiger partial charge in [0, 0.05) is 19.7 Å². The molecule has 0 aliphatic heterocycles. The summed E-state index contributed by atoms with van der Waals surface area (Å²) in [5.74, 6) is -2.17. The lowest BCUT2D eigenvalue weighted by Crippen LogP contribution is -2.27. The van der Waals surface area contributed by atoms with Crippen LogP contribution in [0.15, 0.2) is 24.3 Å². The number of carbonyl (C=O) groups excluding carboxylic acids is 1. The Hall–Kier alpha value is -2.17. The molecule has 1 rings (SSSR count). The Morgan fingerprint density at radius 1 is 1.44 bits per heavy atom. The molecule has 0 saturated carbocycles. The minimum absolute atomic E-state index is 0.0215. The second-order valence-corrected chi connectivity index (χ2v) is 3.73. The first-order chi connectivity index (χ1) is 8.45. The van der Waals surface area contributed by atoms with E-state index in [-0.39, 0.29) is 5.56 Å². The summed E-state index contributed by atoms with van der Waals surface area (Å²) in [4.78, 5) is 23.5. The fourth-order valence-electron chi connectivity index (χ4n) is 1.33. The molecule has 0 bridgehead atoms. The van der Waals surface area contributed by atoms with Gasteiger partial charge in [-0.1, -0.05) is 6.07 Å². The van der Waals surface area contributed by atoms with Crippen molar-refractivity contribution >= 4 is 18.0 Å². The molecule has 18 heavy (non-hydrogen) atoms. The number of hydrogen-bond donors (Lipinski definition) is 1. The summed E-state index contributed by atoms with van der Waals surface area (Å²) in [5, 5.41) is 8.45. The molecule has 0 fully saturated rings. The van der Waals surface area contributed by atoms with E-state index in [1.54, 1.807) is 14.0 Å². The predicted octanol–water partition coefficient (Wildman–Crippen LogP) is 2.02. The highest BCUT2D eigenvalue weighted by Gasteiger charge is 2.14. The predicted molar refractivity (Wildman–Crippen MR) is 65.7 cm³/mol. The van der Waals surface area contributed by atoms with Gasteiger partial charge >= 0.3 is 5.97 Å². The number of halogens is 1. The third-order valence-electron chi connectivity index (χ3n) is 2.46. The molecule has 1 aromatic carbocycles. The summed E-state index contributed by atoms with van der Waals surface area (Å²) in [6.07, 6.45) is 2.18. The zero-order valence-electron chi connectivity index (χ0n) is 10.2. The Labute approximate surface area is 104 Å². The van der Waals surface area contributed by atoms with Crippen molar-refractivity contribution in [2.24, 2.45) is 0 Å². The summed E-state index contributed by atoms with van der Waals surface area (Å²) >= 11 is 0. The molecular weight excluding hydrogens is 237 g/mol. The third kappa shape index (κ3) is 3.41. The molecule has 4 nitrogen and oxygen atoms in total. The molecule has 0 spiro atoms. The van der Waals surface area contributed by atoms with E-state index in [0.717, 1.165) is 12.1 Å². The summed E-state index contributed by atoms with van der Waals surface area (Å²) in [5.41, 5.74) is 0.373. The average molecular weight is 251 g/mol. The van der Waals surface area contributed by atoms with Crippen LogP contribution in [0.4, 0.5) is 4.39 Å². The Kier molecular flexibility index (Phi) is 4.59. The Balaban J connectivity index is 2.99. The molecule has 1 amide bonds. The maximum absolute atomic E-state index is 13.7. The molecule has 0 radical (unpaired) electrons. The van der Waals surface area contributed by atoms with Crippen LogP contribution in [0.25, 0.3) is 6.08 Å². The highest BCUT2D eigenvalue weighted by atomic mass is 19.1. The van der Waals surface area contributed by atoms with Crippen LogP contribution in [0.2, 0.25) is 0 Å². The van der Waals surface area contributed by atoms with Gasteiger partial charge in [0.2, 0.25) is 0 Å². The van der Waals surface area contributed by atoms with Crippen molar-refractivity contribution in [3.05, 3.63) is 41.2 Å². The van der Waals surface area contributed by atoms with E-state index in [4.69, 9.17) is 5.11 Å². The first-order valence-corrected chi connectivity index (χ1v) is 5.41. The first-order valence-electron chi connectivity index (χ1n) is 5.41. The number of benzene rings is 1. The van der Waals surface area contributed by atoms with Crippen molar-refractivity contribution in [1.82, 2.24) is 4.90 Å². The van der Waals surface area contributed by atoms with Gasteiger partial charge in [-0.15, -0.1) is 0 Å². The van der Waals surface area contributed by atoms with E-state index < -0.39 is 17.7 Å². The Morgan fingerprint density at radius 3 is 2.61 bits per heavy atom. The molecule has 0 unspecified atom stereocenters. The van der Waals surface area contributed by atoms with Crippen LogP contribution in [0.5, 0.6) is 0 Å². The number of carbonyl (C=O) groups is 2. The molecule has 0 saturated heterocycles. The quantitative estimate of drug-likeness (QED) is 0.833. The Bertz CT molecular complexity index is 497. The molecule has 0 atom stereocenters. The normalized spacial score (nSPS) is 10.6. The van der Waals surface area contributed by atoms with Crippen molar-refractivity contribution in [3.63, 3.8) is 0 Å². The molecule has 1 aromatic rings. The molecule has 5 heteroatoms. The van der Waals surface area contributed by atoms with E-state index >= 15 is 0 Å². The fourth-order valence-corrected chi connectivity index (χ4v) is 1.33. The maximum atomic E-state index is 13.7. The standard InChI is InChI=1S/C13H14FNO3/c1-3-15(2)13(18)10-6-4-9(8-11(10)14)5-7-12(16)17/h4-8H,3H2,1-2H3,(H,16,17). The van der Waals surface area contributed by atoms with Gasteiger partial charge in [0.1, 0.15) is 5.82 Å². The minimum Gasteiger partial charge on any atom is -0.478 e. The molecule has 96 valence electrons. The SMILES string of the molecule is CCN(C)C(=O)c1ccc(C=CC(=O)O)cc1F. The van der Waals surface area contributed by atoms with Crippen LogP contribution >= 0.6 is 0 Å². The average Bonchev–Trinajstić information content (AvgIpc) is 2.34. The van der Waals surface area contributed by atoms with E-state index in [1.165, 1.54) is 23.1 Å². The number of carboxylic acids is 1. The van der Waals surface area contributed by atoms with Gasteiger partial charge in [-0.2, -0.15) is 0 Å². The van der Waals surface area contributed by atoms with E-state index in [2.05, 4.69) is 0 Å². The van der Waals surface area contributed by atoms with Crippen molar-refractivity contribution in [2.75, 3.05) is 13.6 Å². The van der Waals surface area contributed by atoms with Gasteiger partial charge < -0.3 is 10.0 Å². The van der Waals surface area contributed by atoms with E-state index in [1.807, 2.05) is 0 Å². The summed E-state index contributed by atoms with van der Waals surface area (Å²) in [7, 11) is 1.58. The highest BCUT2D eigenvalue weighted by Crippen LogP contribution is 2.13. The minimum atomic E-state index is -1.11. The van der Waals surface area contributed by atoms with Gasteiger partial charge in [0.25, 0.3) is 5.91 Å². The monoisotopic (exact) mass is 251 g/mol. The van der Waals surface area contributed by atoms with Gasteiger partial charge in [-0.05, 0) is 30.7 Å². The van der Waals surface area contributed by atoms with Crippen molar-refractivity contribution < 1.29 is 19.1 Å². The number of carboxylic acid groups (broad SMARTS) is 1. The molecular formula is C13H14FNO3. The van der Waals surface area contributed by atoms with E-state index in [9.17, 15) is 14.0 Å². The van der Waals surface area contributed by atoms with E-state index in [0.29, 0.717) is 12.1 Å². The molecule has 1 N–H and O–H groups in total. The number of rotatable bonds is 4. The van der Waals surface area contributed by atoms with Gasteiger partial charge in [-0.25, -0.2) is 9.18 Å². The summed E-state index contributed by atoms with van der Waals surface area (Å²) in [6.45, 7) is 2.28. The zero-order chi connectivity index (χ0) is 13.7. The van der Waals surface area contributed by atoms with Crippen LogP contribution in [-0.2, 0) is 4.79 Å². The van der Waals surface area contributed by atoms with Crippen LogP contribution in [0.3, 0.4) is 0 Å². The first kappa shape index (κ1) is 13.9. The van der Waals surface area contributed by atoms with Crippen LogP contribution in [0, 0.1) is 5.82 Å². The summed E-state index contributed by atoms with van der Waals surface area (Å²) < 4.78 is 13.7. The fraction of sp³-hybridized carbons (Fsp3) is 0.231. The van der Waals surface area contributed by atoms with Gasteiger partial charge in [0.05, 0.1) is 5.56 Å². The topological polar surface area (TPSA) is 57.6 Å². The van der Waals surface area contributed by atoms with Gasteiger partial charge in [0.15, 0.2) is 0 Å². The van der Waals surface area contributed by atoms with Gasteiger partial charge in [-0.3, -0.25) is 4.79 Å². The van der Waals surface area contributed by atoms with Crippen molar-refractivity contribution in [1.29, 1.82) is 0 Å². The number of aliphatic carboxylic acids is 1. The number of amides is 1. The maximum Gasteiger partial charge on any atom is 0.328 e. The zero-order valence-corrected chi connectivity index (χ0v) is 10.2. The molecule has 0 aromatic heterocycles. The lowest BCUT2D eigenvalue weighted by molar-refractivity contribution is -0.131. The molecule has 0 heterocycles. The van der Waals surface area contributed by atoms with Crippen LogP contribution in [0.1, 0.15) is 22.8 Å². The Morgan fingerprint density at radius 2 is 2.11 bits per heavy atom. The van der Waals surface area contributed by atoms with Crippen LogP contribution in [-0.4, -0.2) is 35.5 Å². The second-order valence-electron chi connectivity index (χ2n) is 3.73. The lowest BCUT2D eigenvalue weighted by atomic mass is 10.1. The molecule has 0 aliphatic carbocycles. The number of hydrogen-bond acceptors (Lipinski definition) is 2. The third-order valence-corrected chi connectivity index (χ3v) is 2.46. The summed E-state index contributed by atoms with van der Waals surface area (Å²) in [6, 6.07) is 3.99. The second kappa shape index (κ2) is 5.95. The smallest absolute Gasteiger partial charge is 0.328 e. The van der Waals surface area contributed by atoms with Crippen molar-refractivity contribution in [2.45, 2.75) is 6.92 Å². The lowest BCUT2D eigenvalue weighted by Gasteiger charge is -2.14. The largest absolute Gasteiger partial charge is 0.478 e. The number of nitrogens with zero attached hydrogens (tertiary/aromatic N) is 1.